The van der Waals surface area contributed by atoms with Crippen LogP contribution < -0.4 is 16.0 Å². The second-order valence-corrected chi connectivity index (χ2v) is 8.91. The van der Waals surface area contributed by atoms with Crippen LogP contribution in [0.15, 0.2) is 30.3 Å². The molecule has 1 aromatic carbocycles. The fourth-order valence-electron chi connectivity index (χ4n) is 4.49. The van der Waals surface area contributed by atoms with Gasteiger partial charge in [0.1, 0.15) is 6.04 Å². The Morgan fingerprint density at radius 3 is 2.47 bits per heavy atom. The summed E-state index contributed by atoms with van der Waals surface area (Å²) in [6.07, 6.45) is 4.56. The fourth-order valence-corrected chi connectivity index (χ4v) is 4.49. The average molecular weight is 495 g/mol. The first-order chi connectivity index (χ1) is 15.9. The quantitative estimate of drug-likeness (QED) is 0.412. The highest BCUT2D eigenvalue weighted by Crippen LogP contribution is 2.20. The van der Waals surface area contributed by atoms with E-state index in [1.54, 1.807) is 35.2 Å². The molecule has 2 aliphatic rings. The molecule has 0 spiro atoms. The van der Waals surface area contributed by atoms with Gasteiger partial charge in [-0.3, -0.25) is 19.2 Å². The summed E-state index contributed by atoms with van der Waals surface area (Å²) in [5.41, 5.74) is 0.351. The molecule has 10 heteroatoms. The lowest BCUT2D eigenvalue weighted by Crippen LogP contribution is -2.55. The third-order valence-corrected chi connectivity index (χ3v) is 6.38. The summed E-state index contributed by atoms with van der Waals surface area (Å²) in [6.45, 7) is 3.09. The lowest BCUT2D eigenvalue weighted by Gasteiger charge is -2.34. The van der Waals surface area contributed by atoms with Crippen LogP contribution in [0.3, 0.4) is 0 Å². The summed E-state index contributed by atoms with van der Waals surface area (Å²) in [5.74, 6) is -1.54. The smallest absolute Gasteiger partial charge is 0.305 e. The molecule has 2 aliphatic heterocycles. The number of rotatable bonds is 9. The van der Waals surface area contributed by atoms with Gasteiger partial charge in [-0.05, 0) is 63.2 Å². The Morgan fingerprint density at radius 1 is 1.09 bits per heavy atom. The van der Waals surface area contributed by atoms with Crippen molar-refractivity contribution < 1.29 is 24.3 Å². The van der Waals surface area contributed by atoms with Gasteiger partial charge >= 0.3 is 5.97 Å². The van der Waals surface area contributed by atoms with Crippen molar-refractivity contribution in [1.29, 1.82) is 0 Å². The minimum Gasteiger partial charge on any atom is -0.481 e. The van der Waals surface area contributed by atoms with Crippen LogP contribution in [0, 0.1) is 5.92 Å². The number of hydrogen-bond donors (Lipinski definition) is 4. The average Bonchev–Trinajstić information content (AvgIpc) is 2.83. The van der Waals surface area contributed by atoms with Crippen molar-refractivity contribution in [3.63, 3.8) is 0 Å². The minimum atomic E-state index is -1.19. The van der Waals surface area contributed by atoms with Crippen LogP contribution in [0.4, 0.5) is 0 Å². The van der Waals surface area contributed by atoms with Crippen LogP contribution in [0.1, 0.15) is 55.3 Å². The van der Waals surface area contributed by atoms with E-state index in [1.807, 2.05) is 0 Å². The summed E-state index contributed by atoms with van der Waals surface area (Å²) in [5, 5.41) is 17.9. The van der Waals surface area contributed by atoms with Crippen molar-refractivity contribution in [1.82, 2.24) is 20.9 Å². The van der Waals surface area contributed by atoms with Gasteiger partial charge in [0, 0.05) is 31.1 Å². The Bertz CT molecular complexity index is 832. The zero-order chi connectivity index (χ0) is 23.6. The van der Waals surface area contributed by atoms with Crippen LogP contribution in [0.5, 0.6) is 0 Å². The highest BCUT2D eigenvalue weighted by molar-refractivity contribution is 5.98. The zero-order valence-electron chi connectivity index (χ0n) is 19.3. The Labute approximate surface area is 206 Å². The predicted octanol–water partition coefficient (Wildman–Crippen LogP) is 1.57. The van der Waals surface area contributed by atoms with Crippen LogP contribution >= 0.6 is 12.4 Å². The topological polar surface area (TPSA) is 128 Å². The van der Waals surface area contributed by atoms with Crippen molar-refractivity contribution in [2.75, 3.05) is 26.2 Å². The molecular weight excluding hydrogens is 460 g/mol. The second kappa shape index (κ2) is 13.9. The maximum atomic E-state index is 12.8. The van der Waals surface area contributed by atoms with Crippen molar-refractivity contribution in [3.8, 4) is 0 Å². The van der Waals surface area contributed by atoms with E-state index in [0.717, 1.165) is 38.8 Å². The SMILES string of the molecule is Cl.O=C(O)C[C@@H](NC(=O)c1ccccc1)C(=O)NC1CCCN(C(=O)CCC2CCNCC2)C1. The maximum absolute atomic E-state index is 12.8. The lowest BCUT2D eigenvalue weighted by atomic mass is 9.92. The van der Waals surface area contributed by atoms with Crippen LogP contribution in [0.25, 0.3) is 0 Å². The number of nitrogens with zero attached hydrogens (tertiary/aromatic N) is 1. The molecule has 3 amide bonds. The number of halogens is 1. The number of carboxylic acids is 1. The van der Waals surface area contributed by atoms with Crippen molar-refractivity contribution >= 4 is 36.1 Å². The number of aliphatic carboxylic acids is 1. The third kappa shape index (κ3) is 8.61. The largest absolute Gasteiger partial charge is 0.481 e. The van der Waals surface area contributed by atoms with Gasteiger partial charge in [0.25, 0.3) is 5.91 Å². The number of nitrogens with one attached hydrogen (secondary N) is 3. The highest BCUT2D eigenvalue weighted by Gasteiger charge is 2.29. The predicted molar refractivity (Wildman–Crippen MR) is 130 cm³/mol. The van der Waals surface area contributed by atoms with Gasteiger partial charge in [-0.2, -0.15) is 0 Å². The van der Waals surface area contributed by atoms with E-state index < -0.39 is 30.2 Å². The minimum absolute atomic E-state index is 0. The van der Waals surface area contributed by atoms with Gasteiger partial charge < -0.3 is 26.0 Å². The van der Waals surface area contributed by atoms with Crippen molar-refractivity contribution in [2.45, 2.75) is 57.0 Å². The first-order valence-corrected chi connectivity index (χ1v) is 11.8. The maximum Gasteiger partial charge on any atom is 0.305 e. The zero-order valence-corrected chi connectivity index (χ0v) is 20.1. The molecule has 0 saturated carbocycles. The van der Waals surface area contributed by atoms with Crippen LogP contribution in [0.2, 0.25) is 0 Å². The summed E-state index contributed by atoms with van der Waals surface area (Å²) in [6, 6.07) is 6.89. The first kappa shape index (κ1) is 27.6. The van der Waals surface area contributed by atoms with E-state index in [0.29, 0.717) is 37.4 Å². The Kier molecular flexibility index (Phi) is 11.3. The number of likely N-dealkylation sites (tertiary alicyclic amines) is 1. The van der Waals surface area contributed by atoms with E-state index >= 15 is 0 Å². The highest BCUT2D eigenvalue weighted by atomic mass is 35.5. The van der Waals surface area contributed by atoms with Gasteiger partial charge in [-0.15, -0.1) is 12.4 Å². The molecule has 3 rings (SSSR count). The van der Waals surface area contributed by atoms with Gasteiger partial charge in [0.15, 0.2) is 0 Å². The number of carbonyl (C=O) groups is 4. The normalized spacial score (nSPS) is 19.4. The Morgan fingerprint density at radius 2 is 1.79 bits per heavy atom. The molecule has 2 atom stereocenters. The molecule has 9 nitrogen and oxygen atoms in total. The molecule has 2 heterocycles. The molecule has 0 aliphatic carbocycles. The number of piperidine rings is 2. The molecule has 34 heavy (non-hydrogen) atoms. The molecular formula is C24H35ClN4O5. The number of benzene rings is 1. The van der Waals surface area contributed by atoms with Crippen molar-refractivity contribution in [3.05, 3.63) is 35.9 Å². The van der Waals surface area contributed by atoms with E-state index in [1.165, 1.54) is 0 Å². The third-order valence-electron chi connectivity index (χ3n) is 6.38. The number of amides is 3. The lowest BCUT2D eigenvalue weighted by molar-refractivity contribution is -0.140. The molecule has 0 radical (unpaired) electrons. The Balaban J connectivity index is 0.00000408. The summed E-state index contributed by atoms with van der Waals surface area (Å²) in [4.78, 5) is 51.1. The molecule has 4 N–H and O–H groups in total. The Hall–Kier alpha value is -2.65. The number of hydrogen-bond acceptors (Lipinski definition) is 5. The fraction of sp³-hybridized carbons (Fsp3) is 0.583. The van der Waals surface area contributed by atoms with Gasteiger partial charge in [0.05, 0.1) is 6.42 Å². The van der Waals surface area contributed by atoms with E-state index in [4.69, 9.17) is 0 Å². The van der Waals surface area contributed by atoms with Gasteiger partial charge in [-0.1, -0.05) is 18.2 Å². The van der Waals surface area contributed by atoms with Crippen molar-refractivity contribution in [2.24, 2.45) is 5.92 Å². The summed E-state index contributed by atoms with van der Waals surface area (Å²) >= 11 is 0. The van der Waals surface area contributed by atoms with E-state index in [2.05, 4.69) is 16.0 Å². The number of carbonyl (C=O) groups excluding carboxylic acids is 3. The molecule has 1 unspecified atom stereocenters. The molecule has 0 bridgehead atoms. The second-order valence-electron chi connectivity index (χ2n) is 8.91. The van der Waals surface area contributed by atoms with Gasteiger partial charge in [0.2, 0.25) is 11.8 Å². The van der Waals surface area contributed by atoms with Gasteiger partial charge in [-0.25, -0.2) is 0 Å². The first-order valence-electron chi connectivity index (χ1n) is 11.8. The molecule has 0 aromatic heterocycles. The summed E-state index contributed by atoms with van der Waals surface area (Å²) in [7, 11) is 0. The monoisotopic (exact) mass is 494 g/mol. The standard InChI is InChI=1S/C24H34N4O5.ClH/c29-21(9-8-17-10-12-25-13-11-17)28-14-4-7-19(16-28)26-24(33)20(15-22(30)31)27-23(32)18-5-2-1-3-6-18;/h1-3,5-6,17,19-20,25H,4,7-16H2,(H,26,33)(H,27,32)(H,30,31);1H/t19?,20-;/m1./s1. The molecule has 2 saturated heterocycles. The molecule has 1 aromatic rings. The van der Waals surface area contributed by atoms with E-state index in [9.17, 15) is 24.3 Å². The van der Waals surface area contributed by atoms with Crippen LogP contribution in [-0.2, 0) is 14.4 Å². The van der Waals surface area contributed by atoms with Crippen LogP contribution in [-0.4, -0.2) is 72.0 Å². The summed E-state index contributed by atoms with van der Waals surface area (Å²) < 4.78 is 0. The van der Waals surface area contributed by atoms with E-state index in [-0.39, 0.29) is 24.4 Å². The molecule has 2 fully saturated rings. The number of carboxylic acid groups (broad SMARTS) is 1. The molecule has 188 valence electrons.